The second kappa shape index (κ2) is 6.20. The Balaban J connectivity index is 2.28. The van der Waals surface area contributed by atoms with Crippen molar-refractivity contribution in [2.75, 3.05) is 33.4 Å². The van der Waals surface area contributed by atoms with Gasteiger partial charge in [0.05, 0.1) is 19.6 Å². The van der Waals surface area contributed by atoms with Gasteiger partial charge in [0.2, 0.25) is 0 Å². The van der Waals surface area contributed by atoms with Crippen LogP contribution in [0.5, 0.6) is 0 Å². The molecule has 0 spiro atoms. The minimum absolute atomic E-state index is 0.174. The van der Waals surface area contributed by atoms with Gasteiger partial charge in [-0.25, -0.2) is 0 Å². The van der Waals surface area contributed by atoms with Crippen molar-refractivity contribution < 1.29 is 27.4 Å². The van der Waals surface area contributed by atoms with Crippen molar-refractivity contribution >= 4 is 5.97 Å². The fourth-order valence-electron chi connectivity index (χ4n) is 1.91. The van der Waals surface area contributed by atoms with E-state index in [1.807, 2.05) is 0 Å². The van der Waals surface area contributed by atoms with E-state index in [9.17, 15) is 18.0 Å². The Labute approximate surface area is 97.7 Å². The van der Waals surface area contributed by atoms with Crippen molar-refractivity contribution in [3.05, 3.63) is 0 Å². The van der Waals surface area contributed by atoms with E-state index in [0.29, 0.717) is 13.1 Å². The predicted molar refractivity (Wildman–Crippen MR) is 53.2 cm³/mol. The number of esters is 1. The van der Waals surface area contributed by atoms with Gasteiger partial charge in [0, 0.05) is 13.1 Å². The lowest BCUT2D eigenvalue weighted by atomic mass is 9.98. The maximum Gasteiger partial charge on any atom is 0.522 e. The normalized spacial score (nSPS) is 22.5. The number of nitrogens with zero attached hydrogens (tertiary/aromatic N) is 1. The van der Waals surface area contributed by atoms with Gasteiger partial charge in [-0.3, -0.25) is 9.53 Å². The first-order chi connectivity index (χ1) is 7.92. The van der Waals surface area contributed by atoms with Crippen molar-refractivity contribution in [3.8, 4) is 0 Å². The molecule has 100 valence electrons. The molecule has 0 aromatic rings. The molecule has 0 N–H and O–H groups in total. The Morgan fingerprint density at radius 3 is 2.76 bits per heavy atom. The first-order valence-electron chi connectivity index (χ1n) is 5.43. The Morgan fingerprint density at radius 2 is 2.18 bits per heavy atom. The molecule has 0 saturated carbocycles. The molecule has 0 radical (unpaired) electrons. The first-order valence-corrected chi connectivity index (χ1v) is 5.43. The highest BCUT2D eigenvalue weighted by atomic mass is 19.4. The van der Waals surface area contributed by atoms with Crippen molar-refractivity contribution in [1.29, 1.82) is 0 Å². The predicted octanol–water partition coefficient (Wildman–Crippen LogP) is 1.41. The Morgan fingerprint density at radius 1 is 1.47 bits per heavy atom. The van der Waals surface area contributed by atoms with Gasteiger partial charge >= 0.3 is 12.3 Å². The monoisotopic (exact) mass is 255 g/mol. The van der Waals surface area contributed by atoms with Gasteiger partial charge in [0.15, 0.2) is 0 Å². The number of halogens is 3. The molecule has 1 heterocycles. The van der Waals surface area contributed by atoms with Crippen LogP contribution in [-0.4, -0.2) is 50.6 Å². The molecule has 17 heavy (non-hydrogen) atoms. The van der Waals surface area contributed by atoms with E-state index in [0.717, 1.165) is 12.8 Å². The van der Waals surface area contributed by atoms with Gasteiger partial charge in [-0.1, -0.05) is 0 Å². The van der Waals surface area contributed by atoms with Crippen LogP contribution in [0.25, 0.3) is 0 Å². The summed E-state index contributed by atoms with van der Waals surface area (Å²) in [6, 6.07) is 0. The molecule has 1 aliphatic rings. The van der Waals surface area contributed by atoms with Crippen molar-refractivity contribution in [2.45, 2.75) is 19.2 Å². The number of methoxy groups -OCH3 is 1. The molecule has 1 saturated heterocycles. The molecule has 1 atom stereocenters. The van der Waals surface area contributed by atoms with Gasteiger partial charge in [0.25, 0.3) is 0 Å². The number of ether oxygens (including phenoxy) is 2. The highest BCUT2D eigenvalue weighted by molar-refractivity contribution is 5.72. The van der Waals surface area contributed by atoms with Crippen molar-refractivity contribution in [1.82, 2.24) is 4.90 Å². The minimum atomic E-state index is -4.59. The number of rotatable bonds is 4. The number of carbonyl (C=O) groups excluding carboxylic acids is 1. The Hall–Kier alpha value is -0.820. The second-order valence-electron chi connectivity index (χ2n) is 3.96. The SMILES string of the molecule is COC(=O)C1CCCN(CCOC(F)(F)F)C1. The molecule has 7 heteroatoms. The smallest absolute Gasteiger partial charge is 0.469 e. The lowest BCUT2D eigenvalue weighted by Gasteiger charge is -2.31. The van der Waals surface area contributed by atoms with E-state index >= 15 is 0 Å². The number of hydrogen-bond donors (Lipinski definition) is 0. The highest BCUT2D eigenvalue weighted by Gasteiger charge is 2.30. The third kappa shape index (κ3) is 5.36. The van der Waals surface area contributed by atoms with Crippen LogP contribution >= 0.6 is 0 Å². The van der Waals surface area contributed by atoms with E-state index in [2.05, 4.69) is 9.47 Å². The topological polar surface area (TPSA) is 38.8 Å². The van der Waals surface area contributed by atoms with Crippen LogP contribution in [0.2, 0.25) is 0 Å². The fraction of sp³-hybridized carbons (Fsp3) is 0.900. The zero-order chi connectivity index (χ0) is 12.9. The molecular formula is C10H16F3NO3. The van der Waals surface area contributed by atoms with E-state index in [-0.39, 0.29) is 18.4 Å². The van der Waals surface area contributed by atoms with Gasteiger partial charge in [0.1, 0.15) is 0 Å². The highest BCUT2D eigenvalue weighted by Crippen LogP contribution is 2.19. The van der Waals surface area contributed by atoms with E-state index in [1.165, 1.54) is 7.11 Å². The zero-order valence-electron chi connectivity index (χ0n) is 9.63. The summed E-state index contributed by atoms with van der Waals surface area (Å²) in [6.07, 6.45) is -3.08. The van der Waals surface area contributed by atoms with Crippen molar-refractivity contribution in [2.24, 2.45) is 5.92 Å². The fourth-order valence-corrected chi connectivity index (χ4v) is 1.91. The number of piperidine rings is 1. The van der Waals surface area contributed by atoms with E-state index in [4.69, 9.17) is 0 Å². The molecule has 1 aliphatic heterocycles. The van der Waals surface area contributed by atoms with Crippen molar-refractivity contribution in [3.63, 3.8) is 0 Å². The standard InChI is InChI=1S/C10H16F3NO3/c1-16-9(15)8-3-2-4-14(7-8)5-6-17-10(11,12)13/h8H,2-7H2,1H3. The number of carbonyl (C=O) groups is 1. The quantitative estimate of drug-likeness (QED) is 0.712. The molecular weight excluding hydrogens is 239 g/mol. The third-order valence-electron chi connectivity index (χ3n) is 2.71. The molecule has 0 bridgehead atoms. The summed E-state index contributed by atoms with van der Waals surface area (Å²) in [6.45, 7) is 0.896. The summed E-state index contributed by atoms with van der Waals surface area (Å²) in [5, 5.41) is 0. The molecule has 1 rings (SSSR count). The number of likely N-dealkylation sites (tertiary alicyclic amines) is 1. The summed E-state index contributed by atoms with van der Waals surface area (Å²) in [7, 11) is 1.31. The zero-order valence-corrected chi connectivity index (χ0v) is 9.63. The lowest BCUT2D eigenvalue weighted by Crippen LogP contribution is -2.41. The second-order valence-corrected chi connectivity index (χ2v) is 3.96. The van der Waals surface area contributed by atoms with Crippen LogP contribution in [0, 0.1) is 5.92 Å². The molecule has 0 aromatic heterocycles. The van der Waals surface area contributed by atoms with Gasteiger partial charge in [-0.2, -0.15) is 0 Å². The van der Waals surface area contributed by atoms with Crippen LogP contribution in [0.3, 0.4) is 0 Å². The largest absolute Gasteiger partial charge is 0.522 e. The number of hydrogen-bond acceptors (Lipinski definition) is 4. The Kier molecular flexibility index (Phi) is 5.20. The van der Waals surface area contributed by atoms with Gasteiger partial charge in [-0.15, -0.1) is 13.2 Å². The minimum Gasteiger partial charge on any atom is -0.469 e. The summed E-state index contributed by atoms with van der Waals surface area (Å²) in [5.74, 6) is -0.536. The Bertz CT molecular complexity index is 258. The first kappa shape index (κ1) is 14.2. The molecule has 0 amide bonds. The lowest BCUT2D eigenvalue weighted by molar-refractivity contribution is -0.325. The summed E-state index contributed by atoms with van der Waals surface area (Å²) < 4.78 is 43.6. The molecule has 1 unspecified atom stereocenters. The van der Waals surface area contributed by atoms with Gasteiger partial charge in [-0.05, 0) is 19.4 Å². The summed E-state index contributed by atoms with van der Waals surface area (Å²) >= 11 is 0. The third-order valence-corrected chi connectivity index (χ3v) is 2.71. The maximum absolute atomic E-state index is 11.8. The average Bonchev–Trinajstić information content (AvgIpc) is 2.27. The van der Waals surface area contributed by atoms with Crippen LogP contribution in [0.4, 0.5) is 13.2 Å². The van der Waals surface area contributed by atoms with Crippen LogP contribution < -0.4 is 0 Å². The van der Waals surface area contributed by atoms with E-state index in [1.54, 1.807) is 4.90 Å². The van der Waals surface area contributed by atoms with E-state index < -0.39 is 13.0 Å². The summed E-state index contributed by atoms with van der Waals surface area (Å²) in [5.41, 5.74) is 0. The molecule has 4 nitrogen and oxygen atoms in total. The van der Waals surface area contributed by atoms with Crippen LogP contribution in [0.15, 0.2) is 0 Å². The van der Waals surface area contributed by atoms with Crippen LogP contribution in [0.1, 0.15) is 12.8 Å². The average molecular weight is 255 g/mol. The van der Waals surface area contributed by atoms with Gasteiger partial charge < -0.3 is 9.64 Å². The maximum atomic E-state index is 11.8. The molecule has 1 fully saturated rings. The number of alkyl halides is 3. The summed E-state index contributed by atoms with van der Waals surface area (Å²) in [4.78, 5) is 13.1. The molecule has 0 aliphatic carbocycles. The molecule has 0 aromatic carbocycles. The van der Waals surface area contributed by atoms with Crippen LogP contribution in [-0.2, 0) is 14.3 Å².